The number of allylic oxidation sites excluding steroid dienone is 1. The molecule has 0 aliphatic rings. The van der Waals surface area contributed by atoms with Crippen LogP contribution >= 0.6 is 15.9 Å². The molecule has 1 aromatic rings. The molecule has 0 radical (unpaired) electrons. The number of nitrogens with zero attached hydrogens (tertiary/aromatic N) is 1. The van der Waals surface area contributed by atoms with Crippen LogP contribution in [0.5, 0.6) is 0 Å². The third kappa shape index (κ3) is 6.33. The van der Waals surface area contributed by atoms with Gasteiger partial charge in [0.15, 0.2) is 0 Å². The van der Waals surface area contributed by atoms with Crippen LogP contribution in [0.4, 0.5) is 5.69 Å². The lowest BCUT2D eigenvalue weighted by Gasteiger charge is -2.13. The number of anilines is 1. The van der Waals surface area contributed by atoms with Crippen LogP contribution in [0.3, 0.4) is 0 Å². The number of alkyl halides is 1. The fourth-order valence-corrected chi connectivity index (χ4v) is 2.26. The van der Waals surface area contributed by atoms with Crippen molar-refractivity contribution < 1.29 is 19.1 Å². The minimum absolute atomic E-state index is 0.103. The van der Waals surface area contributed by atoms with E-state index in [1.165, 1.54) is 26.3 Å². The fraction of sp³-hybridized carbons (Fsp3) is 0.333. The van der Waals surface area contributed by atoms with Crippen molar-refractivity contribution in [3.05, 3.63) is 40.7 Å². The van der Waals surface area contributed by atoms with E-state index in [0.717, 1.165) is 6.08 Å². The van der Waals surface area contributed by atoms with E-state index < -0.39 is 17.6 Å². The topological polar surface area (TPSA) is 108 Å². The normalized spacial score (nSPS) is 9.96. The molecule has 0 heterocycles. The molecular weight excluding hydrogens is 402 g/mol. The lowest BCUT2D eigenvalue weighted by Crippen LogP contribution is -2.26. The van der Waals surface area contributed by atoms with Crippen LogP contribution in [0.15, 0.2) is 24.0 Å². The van der Waals surface area contributed by atoms with Gasteiger partial charge in [-0.2, -0.15) is 5.26 Å². The monoisotopic (exact) mass is 423 g/mol. The zero-order chi connectivity index (χ0) is 20.3. The van der Waals surface area contributed by atoms with Crippen LogP contribution in [-0.2, 0) is 14.3 Å². The first-order chi connectivity index (χ1) is 12.4. The number of hydrogen-bond acceptors (Lipinski definition) is 5. The van der Waals surface area contributed by atoms with Crippen molar-refractivity contribution in [3.8, 4) is 6.07 Å². The van der Waals surface area contributed by atoms with Gasteiger partial charge in [-0.05, 0) is 24.6 Å². The van der Waals surface area contributed by atoms with Gasteiger partial charge in [0.1, 0.15) is 5.76 Å². The van der Waals surface area contributed by atoms with Crippen molar-refractivity contribution in [2.45, 2.75) is 20.8 Å². The predicted octanol–water partition coefficient (Wildman–Crippen LogP) is 2.69. The maximum absolute atomic E-state index is 12.1. The van der Waals surface area contributed by atoms with Crippen molar-refractivity contribution in [2.75, 3.05) is 24.8 Å². The smallest absolute Gasteiger partial charge is 0.296 e. The van der Waals surface area contributed by atoms with E-state index in [4.69, 9.17) is 10.00 Å². The molecule has 0 saturated carbocycles. The van der Waals surface area contributed by atoms with E-state index in [-0.39, 0.29) is 22.1 Å². The summed E-state index contributed by atoms with van der Waals surface area (Å²) in [5.41, 5.74) is 1.05. The highest BCUT2D eigenvalue weighted by molar-refractivity contribution is 9.09. The van der Waals surface area contributed by atoms with Gasteiger partial charge in [-0.25, -0.2) is 0 Å². The van der Waals surface area contributed by atoms with Crippen LogP contribution in [0.2, 0.25) is 0 Å². The summed E-state index contributed by atoms with van der Waals surface area (Å²) in [5, 5.41) is 14.1. The van der Waals surface area contributed by atoms with Gasteiger partial charge >= 0.3 is 0 Å². The lowest BCUT2D eigenvalue weighted by atomic mass is 10.0. The summed E-state index contributed by atoms with van der Waals surface area (Å²) in [6, 6.07) is 4.80. The van der Waals surface area contributed by atoms with Crippen LogP contribution in [0.25, 0.3) is 0 Å². The molecule has 0 bridgehead atoms. The maximum Gasteiger partial charge on any atom is 0.296 e. The maximum atomic E-state index is 12.1. The van der Waals surface area contributed by atoms with Gasteiger partial charge in [-0.15, -0.1) is 0 Å². The molecule has 26 heavy (non-hydrogen) atoms. The Balaban J connectivity index is 0.00000301. The summed E-state index contributed by atoms with van der Waals surface area (Å²) in [6.07, 6.45) is 1.06. The van der Waals surface area contributed by atoms with Gasteiger partial charge in [-0.3, -0.25) is 14.4 Å². The van der Waals surface area contributed by atoms with Gasteiger partial charge in [0.05, 0.1) is 35.3 Å². The minimum Gasteiger partial charge on any atom is -0.500 e. The summed E-state index contributed by atoms with van der Waals surface area (Å²) < 4.78 is 4.92. The number of methoxy groups -OCH3 is 1. The van der Waals surface area contributed by atoms with Crippen LogP contribution in [-0.4, -0.2) is 37.1 Å². The van der Waals surface area contributed by atoms with E-state index >= 15 is 0 Å². The number of rotatable bonds is 6. The Labute approximate surface area is 161 Å². The number of nitriles is 1. The molecule has 0 spiro atoms. The molecule has 0 atom stereocenters. The largest absolute Gasteiger partial charge is 0.500 e. The molecule has 2 amide bonds. The Morgan fingerprint density at radius 1 is 1.31 bits per heavy atom. The van der Waals surface area contributed by atoms with Crippen molar-refractivity contribution in [3.63, 3.8) is 0 Å². The van der Waals surface area contributed by atoms with Gasteiger partial charge < -0.3 is 15.4 Å². The highest BCUT2D eigenvalue weighted by Crippen LogP contribution is 2.23. The molecule has 0 unspecified atom stereocenters. The molecule has 0 saturated heterocycles. The Bertz CT molecular complexity index is 746. The highest BCUT2D eigenvalue weighted by Gasteiger charge is 2.19. The molecule has 8 heteroatoms. The fourth-order valence-electron chi connectivity index (χ4n) is 1.87. The highest BCUT2D eigenvalue weighted by atomic mass is 79.9. The summed E-state index contributed by atoms with van der Waals surface area (Å²) >= 11 is 3.13. The molecule has 7 nitrogen and oxygen atoms in total. The van der Waals surface area contributed by atoms with Crippen LogP contribution in [0.1, 0.15) is 35.3 Å². The van der Waals surface area contributed by atoms with Gasteiger partial charge in [0, 0.05) is 13.1 Å². The average Bonchev–Trinajstić information content (AvgIpc) is 2.67. The van der Waals surface area contributed by atoms with Crippen molar-refractivity contribution in [1.29, 1.82) is 5.26 Å². The van der Waals surface area contributed by atoms with Crippen LogP contribution < -0.4 is 10.6 Å². The molecule has 0 aliphatic heterocycles. The van der Waals surface area contributed by atoms with E-state index in [1.54, 1.807) is 6.92 Å². The second-order valence-corrected chi connectivity index (χ2v) is 5.23. The SMILES string of the molecule is CC.CNC(=O)c1cc(C#N)cc(C)c1NC(=O)C(=O)/C=C(\CBr)OC. The molecule has 1 aromatic carbocycles. The first-order valence-electron chi connectivity index (χ1n) is 7.80. The zero-order valence-electron chi connectivity index (χ0n) is 15.4. The molecule has 0 aliphatic carbocycles. The summed E-state index contributed by atoms with van der Waals surface area (Å²) in [7, 11) is 2.81. The third-order valence-electron chi connectivity index (χ3n) is 3.08. The predicted molar refractivity (Wildman–Crippen MR) is 103 cm³/mol. The molecule has 2 N–H and O–H groups in total. The number of ketones is 1. The number of ether oxygens (including phenoxy) is 1. The molecule has 140 valence electrons. The van der Waals surface area contributed by atoms with Crippen molar-refractivity contribution >= 4 is 39.2 Å². The quantitative estimate of drug-likeness (QED) is 0.316. The first-order valence-corrected chi connectivity index (χ1v) is 8.92. The van der Waals surface area contributed by atoms with Gasteiger partial charge in [0.25, 0.3) is 11.8 Å². The summed E-state index contributed by atoms with van der Waals surface area (Å²) in [6.45, 7) is 5.63. The molecule has 0 fully saturated rings. The van der Waals surface area contributed by atoms with E-state index in [1.807, 2.05) is 19.9 Å². The number of halogens is 1. The Kier molecular flexibility index (Phi) is 10.6. The Morgan fingerprint density at radius 2 is 1.92 bits per heavy atom. The van der Waals surface area contributed by atoms with E-state index in [0.29, 0.717) is 11.3 Å². The number of aryl methyl sites for hydroxylation is 1. The van der Waals surface area contributed by atoms with Crippen molar-refractivity contribution in [1.82, 2.24) is 5.32 Å². The Hall–Kier alpha value is -2.66. The third-order valence-corrected chi connectivity index (χ3v) is 3.64. The van der Waals surface area contributed by atoms with Crippen molar-refractivity contribution in [2.24, 2.45) is 0 Å². The van der Waals surface area contributed by atoms with Gasteiger partial charge in [0.2, 0.25) is 5.78 Å². The lowest BCUT2D eigenvalue weighted by molar-refractivity contribution is -0.132. The Morgan fingerprint density at radius 3 is 2.38 bits per heavy atom. The molecule has 1 rings (SSSR count). The van der Waals surface area contributed by atoms with E-state index in [9.17, 15) is 14.4 Å². The molecular formula is C18H22BrN3O4. The van der Waals surface area contributed by atoms with E-state index in [2.05, 4.69) is 26.6 Å². The number of benzene rings is 1. The number of amides is 2. The number of carbonyl (C=O) groups is 3. The second kappa shape index (κ2) is 11.8. The summed E-state index contributed by atoms with van der Waals surface area (Å²) in [4.78, 5) is 36.0. The second-order valence-electron chi connectivity index (χ2n) is 4.67. The number of nitrogens with one attached hydrogen (secondary N) is 2. The minimum atomic E-state index is -0.913. The van der Waals surface area contributed by atoms with Gasteiger partial charge in [-0.1, -0.05) is 29.8 Å². The number of carbonyl (C=O) groups excluding carboxylic acids is 3. The zero-order valence-corrected chi connectivity index (χ0v) is 17.0. The molecule has 0 aromatic heterocycles. The first kappa shape index (κ1) is 23.3. The average molecular weight is 424 g/mol. The standard InChI is InChI=1S/C16H16BrN3O4.C2H6/c1-9-4-10(8-18)5-12(15(22)19-2)14(9)20-16(23)13(21)6-11(7-17)24-3;1-2/h4-6H,7H2,1-3H3,(H,19,22)(H,20,23);1-2H3/b11-6+;. The summed E-state index contributed by atoms with van der Waals surface area (Å²) in [5.74, 6) is -1.92. The number of hydrogen-bond donors (Lipinski definition) is 2. The van der Waals surface area contributed by atoms with Crippen LogP contribution in [0, 0.1) is 18.3 Å².